The average Bonchev–Trinajstić information content (AvgIpc) is 2.73. The number of hydrogen-bond acceptors (Lipinski definition) is 3. The summed E-state index contributed by atoms with van der Waals surface area (Å²) in [5.41, 5.74) is -0.145. The number of halogens is 1. The first-order chi connectivity index (χ1) is 9.72. The summed E-state index contributed by atoms with van der Waals surface area (Å²) >= 11 is 0. The molecule has 1 aromatic heterocycles. The first-order valence-electron chi connectivity index (χ1n) is 6.42. The van der Waals surface area contributed by atoms with Crippen LogP contribution in [0.5, 0.6) is 0 Å². The van der Waals surface area contributed by atoms with Gasteiger partial charge in [0.2, 0.25) is 0 Å². The number of aliphatic carboxylic acids is 1. The third kappa shape index (κ3) is 2.89. The van der Waals surface area contributed by atoms with E-state index in [2.05, 4.69) is 5.32 Å². The SMILES string of the molecule is Cc1c(C(=O)NCC(C)(C)C(=O)O)oc2ccc(F)cc12. The summed E-state index contributed by atoms with van der Waals surface area (Å²) in [5.74, 6) is -1.87. The highest BCUT2D eigenvalue weighted by molar-refractivity contribution is 5.99. The van der Waals surface area contributed by atoms with Crippen LogP contribution < -0.4 is 5.32 Å². The Kier molecular flexibility index (Phi) is 3.72. The monoisotopic (exact) mass is 293 g/mol. The molecule has 1 heterocycles. The highest BCUT2D eigenvalue weighted by Crippen LogP contribution is 2.26. The molecule has 21 heavy (non-hydrogen) atoms. The number of furan rings is 1. The van der Waals surface area contributed by atoms with Crippen molar-refractivity contribution in [3.05, 3.63) is 35.3 Å². The van der Waals surface area contributed by atoms with Gasteiger partial charge in [-0.1, -0.05) is 0 Å². The van der Waals surface area contributed by atoms with Gasteiger partial charge in [0.1, 0.15) is 11.4 Å². The number of carboxylic acid groups (broad SMARTS) is 1. The van der Waals surface area contributed by atoms with E-state index in [0.717, 1.165) is 0 Å². The summed E-state index contributed by atoms with van der Waals surface area (Å²) in [7, 11) is 0. The molecule has 2 aromatic rings. The van der Waals surface area contributed by atoms with E-state index in [1.807, 2.05) is 0 Å². The van der Waals surface area contributed by atoms with Crippen molar-refractivity contribution in [3.63, 3.8) is 0 Å². The maximum atomic E-state index is 13.2. The minimum Gasteiger partial charge on any atom is -0.481 e. The Morgan fingerprint density at radius 3 is 2.67 bits per heavy atom. The number of carbonyl (C=O) groups is 2. The van der Waals surface area contributed by atoms with Gasteiger partial charge in [-0.3, -0.25) is 9.59 Å². The normalized spacial score (nSPS) is 11.6. The van der Waals surface area contributed by atoms with Gasteiger partial charge in [0.15, 0.2) is 5.76 Å². The van der Waals surface area contributed by atoms with Gasteiger partial charge in [-0.15, -0.1) is 0 Å². The smallest absolute Gasteiger partial charge is 0.310 e. The minimum absolute atomic E-state index is 0.0357. The molecule has 0 unspecified atom stereocenters. The van der Waals surface area contributed by atoms with Gasteiger partial charge in [0.25, 0.3) is 5.91 Å². The number of benzene rings is 1. The fourth-order valence-electron chi connectivity index (χ4n) is 1.87. The summed E-state index contributed by atoms with van der Waals surface area (Å²) in [6, 6.07) is 4.00. The van der Waals surface area contributed by atoms with E-state index in [9.17, 15) is 14.0 Å². The van der Waals surface area contributed by atoms with Crippen molar-refractivity contribution >= 4 is 22.8 Å². The molecule has 0 aliphatic heterocycles. The van der Waals surface area contributed by atoms with Crippen LogP contribution >= 0.6 is 0 Å². The Bertz CT molecular complexity index is 718. The maximum absolute atomic E-state index is 13.2. The molecule has 0 aliphatic rings. The summed E-state index contributed by atoms with van der Waals surface area (Å²) in [6.45, 7) is 4.64. The van der Waals surface area contributed by atoms with Gasteiger partial charge in [-0.25, -0.2) is 4.39 Å². The van der Waals surface area contributed by atoms with Gasteiger partial charge in [-0.2, -0.15) is 0 Å². The number of aryl methyl sites for hydroxylation is 1. The third-order valence-corrected chi connectivity index (χ3v) is 3.37. The van der Waals surface area contributed by atoms with Crippen LogP contribution in [0.1, 0.15) is 30.0 Å². The first kappa shape index (κ1) is 15.0. The summed E-state index contributed by atoms with van der Waals surface area (Å²) in [5, 5.41) is 12.1. The van der Waals surface area contributed by atoms with E-state index in [1.165, 1.54) is 32.0 Å². The molecule has 6 heteroatoms. The molecule has 0 saturated heterocycles. The second kappa shape index (κ2) is 5.20. The standard InChI is InChI=1S/C15H16FNO4/c1-8-10-6-9(16)4-5-11(10)21-12(8)13(18)17-7-15(2,3)14(19)20/h4-6H,7H2,1-3H3,(H,17,18)(H,19,20). The lowest BCUT2D eigenvalue weighted by atomic mass is 9.94. The molecule has 0 bridgehead atoms. The lowest BCUT2D eigenvalue weighted by molar-refractivity contribution is -0.146. The Morgan fingerprint density at radius 2 is 2.05 bits per heavy atom. The molecule has 0 aliphatic carbocycles. The van der Waals surface area contributed by atoms with Gasteiger partial charge < -0.3 is 14.8 Å². The zero-order valence-electron chi connectivity index (χ0n) is 12.0. The number of amides is 1. The minimum atomic E-state index is -1.08. The van der Waals surface area contributed by atoms with Crippen molar-refractivity contribution in [1.82, 2.24) is 5.32 Å². The van der Waals surface area contributed by atoms with Crippen LogP contribution in [-0.2, 0) is 4.79 Å². The molecule has 1 amide bonds. The molecule has 2 rings (SSSR count). The van der Waals surface area contributed by atoms with Crippen molar-refractivity contribution < 1.29 is 23.5 Å². The fraction of sp³-hybridized carbons (Fsp3) is 0.333. The van der Waals surface area contributed by atoms with Crippen molar-refractivity contribution in [2.24, 2.45) is 5.41 Å². The van der Waals surface area contributed by atoms with Crippen LogP contribution in [0.4, 0.5) is 4.39 Å². The highest BCUT2D eigenvalue weighted by Gasteiger charge is 2.28. The average molecular weight is 293 g/mol. The molecular formula is C15H16FNO4. The molecule has 2 N–H and O–H groups in total. The van der Waals surface area contributed by atoms with Gasteiger partial charge >= 0.3 is 5.97 Å². The highest BCUT2D eigenvalue weighted by atomic mass is 19.1. The van der Waals surface area contributed by atoms with E-state index in [1.54, 1.807) is 6.92 Å². The van der Waals surface area contributed by atoms with E-state index in [0.29, 0.717) is 16.5 Å². The van der Waals surface area contributed by atoms with E-state index < -0.39 is 23.1 Å². The lowest BCUT2D eigenvalue weighted by Crippen LogP contribution is -2.38. The number of carboxylic acids is 1. The van der Waals surface area contributed by atoms with Crippen LogP contribution in [0.25, 0.3) is 11.0 Å². The number of nitrogens with one attached hydrogen (secondary N) is 1. The molecule has 0 saturated carbocycles. The summed E-state index contributed by atoms with van der Waals surface area (Å²) in [6.07, 6.45) is 0. The van der Waals surface area contributed by atoms with Gasteiger partial charge in [-0.05, 0) is 39.0 Å². The topological polar surface area (TPSA) is 79.5 Å². The Balaban J connectivity index is 2.24. The predicted octanol–water partition coefficient (Wildman–Crippen LogP) is 2.72. The van der Waals surface area contributed by atoms with Crippen LogP contribution in [0.2, 0.25) is 0 Å². The van der Waals surface area contributed by atoms with Crippen LogP contribution in [0.3, 0.4) is 0 Å². The Morgan fingerprint density at radius 1 is 1.38 bits per heavy atom. The quantitative estimate of drug-likeness (QED) is 0.908. The van der Waals surface area contributed by atoms with Gasteiger partial charge in [0, 0.05) is 17.5 Å². The number of hydrogen-bond donors (Lipinski definition) is 2. The predicted molar refractivity (Wildman–Crippen MR) is 74.7 cm³/mol. The first-order valence-corrected chi connectivity index (χ1v) is 6.42. The zero-order chi connectivity index (χ0) is 15.8. The summed E-state index contributed by atoms with van der Waals surface area (Å²) < 4.78 is 18.6. The Labute approximate surface area is 120 Å². The van der Waals surface area contributed by atoms with Crippen molar-refractivity contribution in [1.29, 1.82) is 0 Å². The molecule has 5 nitrogen and oxygen atoms in total. The largest absolute Gasteiger partial charge is 0.481 e. The van der Waals surface area contributed by atoms with Crippen LogP contribution in [0, 0.1) is 18.2 Å². The molecule has 112 valence electrons. The molecule has 1 aromatic carbocycles. The molecule has 0 atom stereocenters. The second-order valence-corrected chi connectivity index (χ2v) is 5.57. The second-order valence-electron chi connectivity index (χ2n) is 5.57. The number of fused-ring (bicyclic) bond motifs is 1. The zero-order valence-corrected chi connectivity index (χ0v) is 12.0. The number of carbonyl (C=O) groups excluding carboxylic acids is 1. The van der Waals surface area contributed by atoms with E-state index >= 15 is 0 Å². The van der Waals surface area contributed by atoms with E-state index in [-0.39, 0.29) is 12.3 Å². The molecular weight excluding hydrogens is 277 g/mol. The van der Waals surface area contributed by atoms with Gasteiger partial charge in [0.05, 0.1) is 5.41 Å². The van der Waals surface area contributed by atoms with Crippen molar-refractivity contribution in [3.8, 4) is 0 Å². The van der Waals surface area contributed by atoms with E-state index in [4.69, 9.17) is 9.52 Å². The van der Waals surface area contributed by atoms with Crippen molar-refractivity contribution in [2.45, 2.75) is 20.8 Å². The molecule has 0 fully saturated rings. The third-order valence-electron chi connectivity index (χ3n) is 3.37. The molecule has 0 radical (unpaired) electrons. The number of rotatable bonds is 4. The summed E-state index contributed by atoms with van der Waals surface area (Å²) in [4.78, 5) is 23.1. The molecule has 0 spiro atoms. The van der Waals surface area contributed by atoms with Crippen LogP contribution in [-0.4, -0.2) is 23.5 Å². The maximum Gasteiger partial charge on any atom is 0.310 e. The van der Waals surface area contributed by atoms with Crippen LogP contribution in [0.15, 0.2) is 22.6 Å². The van der Waals surface area contributed by atoms with Crippen molar-refractivity contribution in [2.75, 3.05) is 6.54 Å². The fourth-order valence-corrected chi connectivity index (χ4v) is 1.87. The Hall–Kier alpha value is -2.37. The lowest BCUT2D eigenvalue weighted by Gasteiger charge is -2.19.